The minimum Gasteiger partial charge on any atom is -0.497 e. The van der Waals surface area contributed by atoms with Crippen molar-refractivity contribution in [3.05, 3.63) is 18.2 Å². The lowest BCUT2D eigenvalue weighted by Gasteiger charge is -2.08. The van der Waals surface area contributed by atoms with Gasteiger partial charge in [0, 0.05) is 23.9 Å². The van der Waals surface area contributed by atoms with Crippen LogP contribution in [0, 0.1) is 11.3 Å². The molecule has 0 saturated carbocycles. The molecule has 0 aliphatic rings. The number of ether oxygens (including phenoxy) is 2. The van der Waals surface area contributed by atoms with Gasteiger partial charge in [-0.3, -0.25) is 4.79 Å². The molecule has 0 aliphatic carbocycles. The number of carbonyl (C=O) groups excluding carboxylic acids is 1. The summed E-state index contributed by atoms with van der Waals surface area (Å²) in [6, 6.07) is 6.77. The average Bonchev–Trinajstić information content (AvgIpc) is 2.28. The normalized spacial score (nSPS) is 9.06. The predicted molar refractivity (Wildman–Crippen MR) is 58.4 cm³/mol. The van der Waals surface area contributed by atoms with Crippen molar-refractivity contribution < 1.29 is 14.3 Å². The Labute approximate surface area is 93.6 Å². The molecule has 1 rings (SSSR count). The molecule has 0 spiro atoms. The molecule has 0 radical (unpaired) electrons. The lowest BCUT2D eigenvalue weighted by molar-refractivity contribution is -0.115. The maximum Gasteiger partial charge on any atom is 0.238 e. The SMILES string of the molecule is COc1cc(NC(=O)CC#N)cc(OC)c1. The van der Waals surface area contributed by atoms with Crippen LogP contribution in [0.15, 0.2) is 18.2 Å². The zero-order valence-corrected chi connectivity index (χ0v) is 9.11. The van der Waals surface area contributed by atoms with Crippen molar-refractivity contribution in [1.29, 1.82) is 5.26 Å². The molecule has 1 amide bonds. The van der Waals surface area contributed by atoms with Crippen molar-refractivity contribution in [2.75, 3.05) is 19.5 Å². The van der Waals surface area contributed by atoms with E-state index in [9.17, 15) is 4.79 Å². The molecule has 1 N–H and O–H groups in total. The van der Waals surface area contributed by atoms with E-state index in [1.54, 1.807) is 24.3 Å². The largest absolute Gasteiger partial charge is 0.497 e. The number of benzene rings is 1. The van der Waals surface area contributed by atoms with E-state index in [-0.39, 0.29) is 12.3 Å². The minimum absolute atomic E-state index is 0.181. The number of methoxy groups -OCH3 is 2. The molecule has 5 heteroatoms. The van der Waals surface area contributed by atoms with Gasteiger partial charge in [-0.2, -0.15) is 5.26 Å². The summed E-state index contributed by atoms with van der Waals surface area (Å²) in [5.74, 6) is 0.788. The van der Waals surface area contributed by atoms with Crippen LogP contribution in [0.3, 0.4) is 0 Å². The number of amides is 1. The molecule has 16 heavy (non-hydrogen) atoms. The second-order valence-corrected chi connectivity index (χ2v) is 2.98. The first-order valence-electron chi connectivity index (χ1n) is 4.59. The smallest absolute Gasteiger partial charge is 0.238 e. The van der Waals surface area contributed by atoms with Crippen LogP contribution in [0.5, 0.6) is 11.5 Å². The van der Waals surface area contributed by atoms with E-state index in [1.807, 2.05) is 0 Å². The first kappa shape index (κ1) is 11.9. The highest BCUT2D eigenvalue weighted by Crippen LogP contribution is 2.25. The Kier molecular flexibility index (Phi) is 4.16. The summed E-state index contributed by atoms with van der Waals surface area (Å²) >= 11 is 0. The number of nitriles is 1. The van der Waals surface area contributed by atoms with Gasteiger partial charge in [-0.15, -0.1) is 0 Å². The molecule has 1 aromatic carbocycles. The minimum atomic E-state index is -0.363. The fourth-order valence-corrected chi connectivity index (χ4v) is 1.16. The fraction of sp³-hybridized carbons (Fsp3) is 0.273. The van der Waals surface area contributed by atoms with Crippen molar-refractivity contribution in [1.82, 2.24) is 0 Å². The van der Waals surface area contributed by atoms with E-state index in [1.165, 1.54) is 14.2 Å². The summed E-state index contributed by atoms with van der Waals surface area (Å²) in [6.45, 7) is 0. The van der Waals surface area contributed by atoms with Crippen LogP contribution in [0.25, 0.3) is 0 Å². The fourth-order valence-electron chi connectivity index (χ4n) is 1.16. The monoisotopic (exact) mass is 220 g/mol. The first-order chi connectivity index (χ1) is 7.69. The zero-order chi connectivity index (χ0) is 12.0. The molecule has 0 bridgehead atoms. The molecular formula is C11H12N2O3. The number of nitrogens with zero attached hydrogens (tertiary/aromatic N) is 1. The number of nitrogens with one attached hydrogen (secondary N) is 1. The van der Waals surface area contributed by atoms with Gasteiger partial charge in [-0.25, -0.2) is 0 Å². The van der Waals surface area contributed by atoms with Crippen molar-refractivity contribution in [3.8, 4) is 17.6 Å². The molecule has 0 saturated heterocycles. The van der Waals surface area contributed by atoms with Crippen LogP contribution >= 0.6 is 0 Å². The third kappa shape index (κ3) is 3.17. The zero-order valence-electron chi connectivity index (χ0n) is 9.11. The van der Waals surface area contributed by atoms with Crippen molar-refractivity contribution in [3.63, 3.8) is 0 Å². The van der Waals surface area contributed by atoms with Crippen molar-refractivity contribution in [2.45, 2.75) is 6.42 Å². The van der Waals surface area contributed by atoms with Gasteiger partial charge in [0.15, 0.2) is 0 Å². The number of hydrogen-bond donors (Lipinski definition) is 1. The van der Waals surface area contributed by atoms with Crippen molar-refractivity contribution >= 4 is 11.6 Å². The first-order valence-corrected chi connectivity index (χ1v) is 4.59. The summed E-state index contributed by atoms with van der Waals surface area (Å²) < 4.78 is 10.1. The molecular weight excluding hydrogens is 208 g/mol. The lowest BCUT2D eigenvalue weighted by atomic mass is 10.2. The number of anilines is 1. The highest BCUT2D eigenvalue weighted by atomic mass is 16.5. The Morgan fingerprint density at radius 2 is 1.88 bits per heavy atom. The van der Waals surface area contributed by atoms with Gasteiger partial charge >= 0.3 is 0 Å². The van der Waals surface area contributed by atoms with E-state index in [4.69, 9.17) is 14.7 Å². The summed E-state index contributed by atoms with van der Waals surface area (Å²) in [5, 5.41) is 10.9. The van der Waals surface area contributed by atoms with Gasteiger partial charge in [0.1, 0.15) is 17.9 Å². The number of hydrogen-bond acceptors (Lipinski definition) is 4. The van der Waals surface area contributed by atoms with Crippen molar-refractivity contribution in [2.24, 2.45) is 0 Å². The van der Waals surface area contributed by atoms with Crippen LogP contribution in [0.2, 0.25) is 0 Å². The molecule has 5 nitrogen and oxygen atoms in total. The number of carbonyl (C=O) groups is 1. The van der Waals surface area contributed by atoms with Crippen LogP contribution in [-0.2, 0) is 4.79 Å². The second-order valence-electron chi connectivity index (χ2n) is 2.98. The Balaban J connectivity index is 2.87. The maximum absolute atomic E-state index is 11.2. The second kappa shape index (κ2) is 5.61. The quantitative estimate of drug-likeness (QED) is 0.835. The highest BCUT2D eigenvalue weighted by Gasteiger charge is 2.05. The maximum atomic E-state index is 11.2. The summed E-state index contributed by atoms with van der Waals surface area (Å²) in [4.78, 5) is 11.2. The highest BCUT2D eigenvalue weighted by molar-refractivity contribution is 5.92. The van der Waals surface area contributed by atoms with E-state index < -0.39 is 0 Å². The molecule has 1 aromatic rings. The Bertz CT molecular complexity index is 401. The molecule has 0 aromatic heterocycles. The topological polar surface area (TPSA) is 71.3 Å². The third-order valence-corrected chi connectivity index (χ3v) is 1.87. The van der Waals surface area contributed by atoms with E-state index >= 15 is 0 Å². The van der Waals surface area contributed by atoms with E-state index in [2.05, 4.69) is 5.32 Å². The van der Waals surface area contributed by atoms with Gasteiger partial charge in [-0.05, 0) is 0 Å². The van der Waals surface area contributed by atoms with Crippen LogP contribution in [-0.4, -0.2) is 20.1 Å². The van der Waals surface area contributed by atoms with E-state index in [0.29, 0.717) is 17.2 Å². The Hall–Kier alpha value is -2.22. The van der Waals surface area contributed by atoms with Crippen LogP contribution < -0.4 is 14.8 Å². The molecule has 0 fully saturated rings. The van der Waals surface area contributed by atoms with Gasteiger partial charge < -0.3 is 14.8 Å². The molecule has 0 heterocycles. The molecule has 0 unspecified atom stereocenters. The van der Waals surface area contributed by atoms with Gasteiger partial charge in [0.05, 0.1) is 20.3 Å². The molecule has 0 atom stereocenters. The average molecular weight is 220 g/mol. The van der Waals surface area contributed by atoms with Gasteiger partial charge in [-0.1, -0.05) is 0 Å². The third-order valence-electron chi connectivity index (χ3n) is 1.87. The molecule has 0 aliphatic heterocycles. The summed E-state index contributed by atoms with van der Waals surface area (Å²) in [6.07, 6.45) is -0.181. The lowest BCUT2D eigenvalue weighted by Crippen LogP contribution is -2.10. The Morgan fingerprint density at radius 1 is 1.31 bits per heavy atom. The predicted octanol–water partition coefficient (Wildman–Crippen LogP) is 1.56. The van der Waals surface area contributed by atoms with Crippen LogP contribution in [0.1, 0.15) is 6.42 Å². The standard InChI is InChI=1S/C11H12N2O3/c1-15-9-5-8(6-10(7-9)16-2)13-11(14)3-4-12/h5-7H,3H2,1-2H3,(H,13,14). The Morgan fingerprint density at radius 3 is 2.31 bits per heavy atom. The summed E-state index contributed by atoms with van der Waals surface area (Å²) in [7, 11) is 3.05. The van der Waals surface area contributed by atoms with E-state index in [0.717, 1.165) is 0 Å². The van der Waals surface area contributed by atoms with Gasteiger partial charge in [0.2, 0.25) is 5.91 Å². The number of rotatable bonds is 4. The summed E-state index contributed by atoms with van der Waals surface area (Å²) in [5.41, 5.74) is 0.538. The van der Waals surface area contributed by atoms with Gasteiger partial charge in [0.25, 0.3) is 0 Å². The molecule has 84 valence electrons. The van der Waals surface area contributed by atoms with Crippen LogP contribution in [0.4, 0.5) is 5.69 Å².